The zero-order chi connectivity index (χ0) is 27.0. The van der Waals surface area contributed by atoms with E-state index < -0.39 is 11.7 Å². The largest absolute Gasteiger partial charge is 0.416 e. The predicted octanol–water partition coefficient (Wildman–Crippen LogP) is 5.04. The van der Waals surface area contributed by atoms with Crippen LogP contribution in [0.3, 0.4) is 0 Å². The molecule has 1 saturated heterocycles. The summed E-state index contributed by atoms with van der Waals surface area (Å²) in [6, 6.07) is 9.68. The summed E-state index contributed by atoms with van der Waals surface area (Å²) >= 11 is 7.13. The van der Waals surface area contributed by atoms with Crippen LogP contribution in [0.1, 0.15) is 23.1 Å². The van der Waals surface area contributed by atoms with Crippen LogP contribution in [0.2, 0.25) is 5.02 Å². The lowest BCUT2D eigenvalue weighted by atomic mass is 10.1. The number of methoxy groups -OCH3 is 1. The molecule has 2 aromatic carbocycles. The van der Waals surface area contributed by atoms with E-state index in [0.29, 0.717) is 22.2 Å². The number of aromatic nitrogens is 2. The Balaban J connectivity index is 1.31. The zero-order valence-corrected chi connectivity index (χ0v) is 22.2. The number of nitrogens with zero attached hydrogens (tertiary/aromatic N) is 4. The SMILES string of the molecule is COCC1CC(N(C)C2=NC(=O)/C(=C/c3ccc4c(cnn4Cc4ccc(Cl)cc4C(F)(F)F)c3)S2)CN1. The van der Waals surface area contributed by atoms with E-state index in [1.165, 1.54) is 28.6 Å². The smallest absolute Gasteiger partial charge is 0.383 e. The summed E-state index contributed by atoms with van der Waals surface area (Å²) in [5.41, 5.74) is 0.745. The lowest BCUT2D eigenvalue weighted by molar-refractivity contribution is -0.138. The molecular formula is C26H25ClF3N5O2S. The number of likely N-dealkylation sites (N-methyl/N-ethyl adjacent to an activating group) is 1. The van der Waals surface area contributed by atoms with Gasteiger partial charge in [0.15, 0.2) is 5.17 Å². The number of hydrogen-bond acceptors (Lipinski definition) is 6. The van der Waals surface area contributed by atoms with Gasteiger partial charge in [-0.25, -0.2) is 0 Å². The Hall–Kier alpha value is -2.86. The van der Waals surface area contributed by atoms with E-state index >= 15 is 0 Å². The van der Waals surface area contributed by atoms with Gasteiger partial charge in [0.25, 0.3) is 5.91 Å². The van der Waals surface area contributed by atoms with Gasteiger partial charge in [-0.15, -0.1) is 0 Å². The second-order valence-electron chi connectivity index (χ2n) is 9.29. The predicted molar refractivity (Wildman–Crippen MR) is 143 cm³/mol. The quantitative estimate of drug-likeness (QED) is 0.424. The molecular weight excluding hydrogens is 539 g/mol. The lowest BCUT2D eigenvalue weighted by Crippen LogP contribution is -2.36. The number of carbonyl (C=O) groups excluding carboxylic acids is 1. The second-order valence-corrected chi connectivity index (χ2v) is 10.7. The van der Waals surface area contributed by atoms with Gasteiger partial charge in [0.2, 0.25) is 0 Å². The highest BCUT2D eigenvalue weighted by atomic mass is 35.5. The minimum Gasteiger partial charge on any atom is -0.383 e. The number of benzene rings is 2. The van der Waals surface area contributed by atoms with Gasteiger partial charge in [0.05, 0.1) is 35.3 Å². The molecule has 3 heterocycles. The second kappa shape index (κ2) is 10.7. The Bertz CT molecular complexity index is 1440. The molecule has 2 aliphatic rings. The summed E-state index contributed by atoms with van der Waals surface area (Å²) in [6.07, 6.45) is -0.250. The van der Waals surface area contributed by atoms with E-state index in [2.05, 4.69) is 15.4 Å². The van der Waals surface area contributed by atoms with Crippen molar-refractivity contribution in [1.82, 2.24) is 20.0 Å². The van der Waals surface area contributed by atoms with E-state index in [1.54, 1.807) is 25.4 Å². The van der Waals surface area contributed by atoms with Crippen LogP contribution in [0.5, 0.6) is 0 Å². The van der Waals surface area contributed by atoms with E-state index in [1.807, 2.05) is 24.1 Å². The molecule has 1 amide bonds. The molecule has 38 heavy (non-hydrogen) atoms. The highest BCUT2D eigenvalue weighted by Crippen LogP contribution is 2.35. The Labute approximate surface area is 226 Å². The van der Waals surface area contributed by atoms with Crippen LogP contribution < -0.4 is 5.32 Å². The molecule has 3 aromatic rings. The maximum Gasteiger partial charge on any atom is 0.416 e. The van der Waals surface area contributed by atoms with Crippen molar-refractivity contribution in [3.05, 3.63) is 69.2 Å². The number of ether oxygens (including phenoxy) is 1. The van der Waals surface area contributed by atoms with Crippen molar-refractivity contribution in [2.24, 2.45) is 4.99 Å². The van der Waals surface area contributed by atoms with Crippen molar-refractivity contribution in [3.8, 4) is 0 Å². The van der Waals surface area contributed by atoms with Crippen molar-refractivity contribution < 1.29 is 22.7 Å². The van der Waals surface area contributed by atoms with Gasteiger partial charge in [-0.05, 0) is 59.7 Å². The first-order valence-electron chi connectivity index (χ1n) is 11.9. The van der Waals surface area contributed by atoms with Crippen LogP contribution in [-0.4, -0.2) is 65.1 Å². The number of hydrogen-bond donors (Lipinski definition) is 1. The fourth-order valence-corrected chi connectivity index (χ4v) is 5.83. The van der Waals surface area contributed by atoms with Crippen molar-refractivity contribution in [2.75, 3.05) is 27.3 Å². The molecule has 1 fully saturated rings. The number of halogens is 4. The summed E-state index contributed by atoms with van der Waals surface area (Å²) in [4.78, 5) is 19.4. The van der Waals surface area contributed by atoms with Crippen molar-refractivity contribution in [3.63, 3.8) is 0 Å². The number of amidine groups is 1. The third-order valence-electron chi connectivity index (χ3n) is 6.69. The molecule has 0 spiro atoms. The fourth-order valence-electron chi connectivity index (χ4n) is 4.71. The van der Waals surface area contributed by atoms with Gasteiger partial charge in [0, 0.05) is 43.2 Å². The van der Waals surface area contributed by atoms with Gasteiger partial charge in [-0.3, -0.25) is 9.48 Å². The standard InChI is InChI=1S/C26H25ClF3N5O2S/c1-34(20-10-19(14-37-2)31-12-20)25-33-24(36)23(38-25)8-15-3-6-22-17(7-15)11-32-35(22)13-16-4-5-18(27)9-21(16)26(28,29)30/h3-9,11,19-20,31H,10,12-14H2,1-2H3/b23-8-. The number of thioether (sulfide) groups is 1. The Morgan fingerprint density at radius 1 is 1.29 bits per heavy atom. The van der Waals surface area contributed by atoms with Gasteiger partial charge in [0.1, 0.15) is 0 Å². The monoisotopic (exact) mass is 563 g/mol. The molecule has 7 nitrogen and oxygen atoms in total. The Kier molecular flexibility index (Phi) is 7.54. The minimum atomic E-state index is -4.52. The average molecular weight is 564 g/mol. The number of nitrogens with one attached hydrogen (secondary N) is 1. The van der Waals surface area contributed by atoms with Crippen LogP contribution in [0, 0.1) is 0 Å². The van der Waals surface area contributed by atoms with Crippen LogP contribution >= 0.6 is 23.4 Å². The van der Waals surface area contributed by atoms with Crippen LogP contribution in [0.4, 0.5) is 13.2 Å². The number of rotatable bonds is 6. The molecule has 0 saturated carbocycles. The summed E-state index contributed by atoms with van der Waals surface area (Å²) in [6.45, 7) is 1.36. The molecule has 0 aliphatic carbocycles. The zero-order valence-electron chi connectivity index (χ0n) is 20.6. The minimum absolute atomic E-state index is 0.0249. The number of carbonyl (C=O) groups is 1. The Morgan fingerprint density at radius 2 is 2.11 bits per heavy atom. The number of aliphatic imine (C=N–C) groups is 1. The highest BCUT2D eigenvalue weighted by molar-refractivity contribution is 8.18. The van der Waals surface area contributed by atoms with E-state index in [-0.39, 0.29) is 35.1 Å². The molecule has 2 aliphatic heterocycles. The molecule has 1 aromatic heterocycles. The van der Waals surface area contributed by atoms with Crippen LogP contribution in [-0.2, 0) is 22.3 Å². The maximum absolute atomic E-state index is 13.5. The number of fused-ring (bicyclic) bond motifs is 1. The third-order valence-corrected chi connectivity index (χ3v) is 8.00. The molecule has 2 unspecified atom stereocenters. The molecule has 5 rings (SSSR count). The summed E-state index contributed by atoms with van der Waals surface area (Å²) in [7, 11) is 3.62. The summed E-state index contributed by atoms with van der Waals surface area (Å²) in [5, 5.41) is 9.15. The Morgan fingerprint density at radius 3 is 2.87 bits per heavy atom. The molecule has 12 heteroatoms. The first-order valence-corrected chi connectivity index (χ1v) is 13.1. The number of amides is 1. The molecule has 1 N–H and O–H groups in total. The van der Waals surface area contributed by atoms with Crippen molar-refractivity contribution >= 4 is 51.4 Å². The lowest BCUT2D eigenvalue weighted by Gasteiger charge is -2.24. The number of alkyl halides is 3. The maximum atomic E-state index is 13.5. The van der Waals surface area contributed by atoms with E-state index in [4.69, 9.17) is 16.3 Å². The van der Waals surface area contributed by atoms with E-state index in [0.717, 1.165) is 30.0 Å². The fraction of sp³-hybridized carbons (Fsp3) is 0.346. The van der Waals surface area contributed by atoms with Gasteiger partial charge >= 0.3 is 6.18 Å². The van der Waals surface area contributed by atoms with Gasteiger partial charge < -0.3 is 15.0 Å². The normalized spacial score (nSPS) is 21.1. The molecule has 2 atom stereocenters. The highest BCUT2D eigenvalue weighted by Gasteiger charge is 2.34. The summed E-state index contributed by atoms with van der Waals surface area (Å²) in [5.74, 6) is -0.297. The topological polar surface area (TPSA) is 71.8 Å². The van der Waals surface area contributed by atoms with Crippen molar-refractivity contribution in [1.29, 1.82) is 0 Å². The van der Waals surface area contributed by atoms with Crippen LogP contribution in [0.25, 0.3) is 17.0 Å². The average Bonchev–Trinajstić information content (AvgIpc) is 3.59. The van der Waals surface area contributed by atoms with Gasteiger partial charge in [-0.1, -0.05) is 23.7 Å². The molecule has 0 bridgehead atoms. The first-order chi connectivity index (χ1) is 18.1. The van der Waals surface area contributed by atoms with Gasteiger partial charge in [-0.2, -0.15) is 23.3 Å². The third kappa shape index (κ3) is 5.61. The summed E-state index contributed by atoms with van der Waals surface area (Å²) < 4.78 is 47.3. The van der Waals surface area contributed by atoms with Crippen molar-refractivity contribution in [2.45, 2.75) is 31.2 Å². The molecule has 0 radical (unpaired) electrons. The van der Waals surface area contributed by atoms with Crippen LogP contribution in [0.15, 0.2) is 52.5 Å². The van der Waals surface area contributed by atoms with E-state index in [9.17, 15) is 18.0 Å². The molecule has 200 valence electrons. The first kappa shape index (κ1) is 26.7.